The van der Waals surface area contributed by atoms with Crippen LogP contribution in [0.1, 0.15) is 24.8 Å². The van der Waals surface area contributed by atoms with Crippen LogP contribution in [0.3, 0.4) is 0 Å². The van der Waals surface area contributed by atoms with E-state index in [0.717, 1.165) is 17.1 Å². The molecule has 3 rings (SSSR count). The first-order valence-corrected chi connectivity index (χ1v) is 7.86. The Morgan fingerprint density at radius 3 is 2.38 bits per heavy atom. The molecule has 1 aliphatic carbocycles. The smallest absolute Gasteiger partial charge is 0.146 e. The van der Waals surface area contributed by atoms with E-state index in [2.05, 4.69) is 24.3 Å². The lowest BCUT2D eigenvalue weighted by Gasteiger charge is -2.14. The zero-order valence-electron chi connectivity index (χ0n) is 12.2. The van der Waals surface area contributed by atoms with Crippen molar-refractivity contribution in [1.82, 2.24) is 0 Å². The van der Waals surface area contributed by atoms with E-state index in [0.29, 0.717) is 5.92 Å². The maximum atomic E-state index is 12.2. The Bertz CT molecular complexity index is 636. The number of Topliss-reactive ketones (excluding diaryl/α,β-unsaturated/α-hetero) is 1. The second kappa shape index (κ2) is 5.57. The lowest BCUT2D eigenvalue weighted by atomic mass is 10.1. The standard InChI is InChI=1S/C18H18O2S/c1-13(19)18(21-16-6-4-3-5-7-16)12-17(18)14-8-10-15(20-2)11-9-14/h3-11,17H,12H2,1-2H3. The van der Waals surface area contributed by atoms with Crippen molar-refractivity contribution in [2.75, 3.05) is 7.11 Å². The van der Waals surface area contributed by atoms with Crippen molar-refractivity contribution < 1.29 is 9.53 Å². The van der Waals surface area contributed by atoms with Gasteiger partial charge in [-0.1, -0.05) is 30.3 Å². The van der Waals surface area contributed by atoms with Crippen molar-refractivity contribution in [3.05, 3.63) is 60.2 Å². The highest BCUT2D eigenvalue weighted by atomic mass is 32.2. The second-order valence-electron chi connectivity index (χ2n) is 5.39. The van der Waals surface area contributed by atoms with E-state index in [-0.39, 0.29) is 10.5 Å². The molecule has 2 aromatic rings. The average Bonchev–Trinajstić information content (AvgIpc) is 3.24. The number of methoxy groups -OCH3 is 1. The van der Waals surface area contributed by atoms with Gasteiger partial charge in [-0.3, -0.25) is 4.79 Å². The van der Waals surface area contributed by atoms with Gasteiger partial charge in [-0.25, -0.2) is 0 Å². The number of carbonyl (C=O) groups is 1. The summed E-state index contributed by atoms with van der Waals surface area (Å²) >= 11 is 1.70. The van der Waals surface area contributed by atoms with E-state index in [9.17, 15) is 4.79 Å². The molecule has 0 spiro atoms. The fraction of sp³-hybridized carbons (Fsp3) is 0.278. The van der Waals surface area contributed by atoms with Crippen molar-refractivity contribution in [3.8, 4) is 5.75 Å². The largest absolute Gasteiger partial charge is 0.497 e. The highest BCUT2D eigenvalue weighted by molar-refractivity contribution is 8.01. The van der Waals surface area contributed by atoms with Gasteiger partial charge in [0.15, 0.2) is 0 Å². The Labute approximate surface area is 129 Å². The number of thioether (sulfide) groups is 1. The molecule has 0 aromatic heterocycles. The van der Waals surface area contributed by atoms with E-state index in [4.69, 9.17) is 4.74 Å². The minimum absolute atomic E-state index is 0.261. The maximum Gasteiger partial charge on any atom is 0.146 e. The molecule has 2 aromatic carbocycles. The first-order valence-electron chi connectivity index (χ1n) is 7.05. The first kappa shape index (κ1) is 14.2. The van der Waals surface area contributed by atoms with Crippen LogP contribution >= 0.6 is 11.8 Å². The predicted octanol–water partition coefficient (Wildman–Crippen LogP) is 4.30. The Kier molecular flexibility index (Phi) is 3.77. The molecule has 1 fully saturated rings. The molecule has 1 aliphatic rings. The van der Waals surface area contributed by atoms with Crippen LogP contribution in [0.15, 0.2) is 59.5 Å². The lowest BCUT2D eigenvalue weighted by Crippen LogP contribution is -2.17. The van der Waals surface area contributed by atoms with Crippen molar-refractivity contribution in [2.24, 2.45) is 0 Å². The van der Waals surface area contributed by atoms with Crippen LogP contribution in [0.4, 0.5) is 0 Å². The van der Waals surface area contributed by atoms with E-state index in [1.807, 2.05) is 30.3 Å². The van der Waals surface area contributed by atoms with Crippen molar-refractivity contribution in [3.63, 3.8) is 0 Å². The third-order valence-electron chi connectivity index (χ3n) is 4.07. The van der Waals surface area contributed by atoms with E-state index in [1.54, 1.807) is 25.8 Å². The molecule has 1 saturated carbocycles. The number of carbonyl (C=O) groups excluding carboxylic acids is 1. The summed E-state index contributed by atoms with van der Waals surface area (Å²) in [5.74, 6) is 1.41. The number of rotatable bonds is 5. The molecule has 21 heavy (non-hydrogen) atoms. The van der Waals surface area contributed by atoms with Gasteiger partial charge in [0.2, 0.25) is 0 Å². The van der Waals surface area contributed by atoms with E-state index >= 15 is 0 Å². The summed E-state index contributed by atoms with van der Waals surface area (Å²) in [6, 6.07) is 18.2. The van der Waals surface area contributed by atoms with Gasteiger partial charge < -0.3 is 4.74 Å². The van der Waals surface area contributed by atoms with Gasteiger partial charge in [-0.15, -0.1) is 11.8 Å². The normalized spacial score (nSPS) is 23.6. The maximum absolute atomic E-state index is 12.2. The molecule has 108 valence electrons. The van der Waals surface area contributed by atoms with E-state index in [1.165, 1.54) is 5.56 Å². The molecule has 0 N–H and O–H groups in total. The van der Waals surface area contributed by atoms with Gasteiger partial charge in [0.1, 0.15) is 11.5 Å². The molecule has 2 atom stereocenters. The van der Waals surface area contributed by atoms with Crippen LogP contribution in [0, 0.1) is 0 Å². The van der Waals surface area contributed by atoms with Gasteiger partial charge >= 0.3 is 0 Å². The summed E-state index contributed by atoms with van der Waals surface area (Å²) in [7, 11) is 1.66. The minimum Gasteiger partial charge on any atom is -0.497 e. The van der Waals surface area contributed by atoms with Crippen molar-refractivity contribution >= 4 is 17.5 Å². The number of benzene rings is 2. The SMILES string of the molecule is COc1ccc(C2CC2(Sc2ccccc2)C(C)=O)cc1. The van der Waals surface area contributed by atoms with Gasteiger partial charge in [-0.05, 0) is 43.2 Å². The van der Waals surface area contributed by atoms with Crippen molar-refractivity contribution in [1.29, 1.82) is 0 Å². The summed E-state index contributed by atoms with van der Waals surface area (Å²) in [4.78, 5) is 13.3. The van der Waals surface area contributed by atoms with Gasteiger partial charge in [0.25, 0.3) is 0 Å². The van der Waals surface area contributed by atoms with Gasteiger partial charge in [0, 0.05) is 10.8 Å². The monoisotopic (exact) mass is 298 g/mol. The molecule has 0 bridgehead atoms. The fourth-order valence-corrected chi connectivity index (χ4v) is 4.13. The summed E-state index contributed by atoms with van der Waals surface area (Å²) in [6.45, 7) is 1.71. The number of ether oxygens (including phenoxy) is 1. The summed E-state index contributed by atoms with van der Waals surface area (Å²) in [5, 5.41) is 0. The molecule has 0 heterocycles. The Morgan fingerprint density at radius 1 is 1.14 bits per heavy atom. The third kappa shape index (κ3) is 2.70. The van der Waals surface area contributed by atoms with Crippen LogP contribution in [0.5, 0.6) is 5.75 Å². The Hall–Kier alpha value is -1.74. The van der Waals surface area contributed by atoms with Gasteiger partial charge in [-0.2, -0.15) is 0 Å². The highest BCUT2D eigenvalue weighted by Crippen LogP contribution is 2.62. The molecule has 0 radical (unpaired) electrons. The molecule has 3 heteroatoms. The zero-order chi connectivity index (χ0) is 14.9. The topological polar surface area (TPSA) is 26.3 Å². The zero-order valence-corrected chi connectivity index (χ0v) is 13.0. The predicted molar refractivity (Wildman–Crippen MR) is 86.1 cm³/mol. The second-order valence-corrected chi connectivity index (χ2v) is 6.79. The molecule has 0 saturated heterocycles. The summed E-state index contributed by atoms with van der Waals surface area (Å²) in [5.41, 5.74) is 1.22. The molecule has 2 unspecified atom stereocenters. The van der Waals surface area contributed by atoms with Crippen molar-refractivity contribution in [2.45, 2.75) is 28.9 Å². The number of hydrogen-bond acceptors (Lipinski definition) is 3. The third-order valence-corrected chi connectivity index (χ3v) is 5.68. The molecular formula is C18H18O2S. The highest BCUT2D eigenvalue weighted by Gasteiger charge is 2.59. The summed E-state index contributed by atoms with van der Waals surface area (Å²) < 4.78 is 4.90. The lowest BCUT2D eigenvalue weighted by molar-refractivity contribution is -0.117. The molecule has 2 nitrogen and oxygen atoms in total. The fourth-order valence-electron chi connectivity index (χ4n) is 2.74. The molecule has 0 aliphatic heterocycles. The van der Waals surface area contributed by atoms with Crippen LogP contribution < -0.4 is 4.74 Å². The molecule has 0 amide bonds. The first-order chi connectivity index (χ1) is 10.2. The molecular weight excluding hydrogens is 280 g/mol. The van der Waals surface area contributed by atoms with Crippen LogP contribution in [0.25, 0.3) is 0 Å². The average molecular weight is 298 g/mol. The Balaban J connectivity index is 1.83. The van der Waals surface area contributed by atoms with E-state index < -0.39 is 0 Å². The number of ketones is 1. The van der Waals surface area contributed by atoms with Crippen LogP contribution in [-0.4, -0.2) is 17.6 Å². The summed E-state index contributed by atoms with van der Waals surface area (Å²) in [6.07, 6.45) is 0.911. The van der Waals surface area contributed by atoms with Crippen LogP contribution in [0.2, 0.25) is 0 Å². The number of hydrogen-bond donors (Lipinski definition) is 0. The quantitative estimate of drug-likeness (QED) is 0.823. The van der Waals surface area contributed by atoms with Crippen LogP contribution in [-0.2, 0) is 4.79 Å². The van der Waals surface area contributed by atoms with Gasteiger partial charge in [0.05, 0.1) is 11.9 Å². The minimum atomic E-state index is -0.296. The Morgan fingerprint density at radius 2 is 1.81 bits per heavy atom.